The van der Waals surface area contributed by atoms with Crippen molar-refractivity contribution in [1.82, 2.24) is 23.9 Å². The first-order valence-electron chi connectivity index (χ1n) is 11.8. The monoisotopic (exact) mass is 463 g/mol. The molecule has 0 saturated carbocycles. The molecule has 176 valence electrons. The number of rotatable bonds is 6. The van der Waals surface area contributed by atoms with Crippen LogP contribution in [0, 0.1) is 11.3 Å². The fourth-order valence-corrected chi connectivity index (χ4v) is 4.55. The van der Waals surface area contributed by atoms with Gasteiger partial charge in [-0.05, 0) is 55.7 Å². The molecule has 0 aliphatic heterocycles. The maximum atomic E-state index is 9.46. The summed E-state index contributed by atoms with van der Waals surface area (Å²) >= 11 is 0. The summed E-state index contributed by atoms with van der Waals surface area (Å²) < 4.78 is 6.11. The Hall–Kier alpha value is -4.31. The zero-order valence-corrected chi connectivity index (χ0v) is 20.7. The third-order valence-electron chi connectivity index (χ3n) is 6.15. The zero-order valence-electron chi connectivity index (χ0n) is 20.7. The molecule has 35 heavy (non-hydrogen) atoms. The van der Waals surface area contributed by atoms with Gasteiger partial charge < -0.3 is 14.5 Å². The van der Waals surface area contributed by atoms with Gasteiger partial charge in [-0.15, -0.1) is 0 Å². The number of nitrogens with one attached hydrogen (secondary N) is 1. The molecule has 0 radical (unpaired) electrons. The molecule has 5 aromatic rings. The van der Waals surface area contributed by atoms with Crippen LogP contribution in [0.4, 0.5) is 5.69 Å². The Kier molecular flexibility index (Phi) is 5.65. The first-order valence-corrected chi connectivity index (χ1v) is 11.8. The summed E-state index contributed by atoms with van der Waals surface area (Å²) in [7, 11) is 1.91. The molecular weight excluding hydrogens is 434 g/mol. The number of anilines is 1. The predicted octanol–water partition coefficient (Wildman–Crippen LogP) is 6.03. The van der Waals surface area contributed by atoms with Crippen LogP contribution in [0.2, 0.25) is 0 Å². The van der Waals surface area contributed by atoms with Gasteiger partial charge in [0.15, 0.2) is 0 Å². The Bertz CT molecular complexity index is 1560. The Morgan fingerprint density at radius 3 is 2.51 bits per heavy atom. The Balaban J connectivity index is 1.71. The highest BCUT2D eigenvalue weighted by atomic mass is 15.2. The summed E-state index contributed by atoms with van der Waals surface area (Å²) in [6.45, 7) is 8.65. The van der Waals surface area contributed by atoms with Crippen molar-refractivity contribution in [2.45, 2.75) is 39.7 Å². The van der Waals surface area contributed by atoms with Crippen molar-refractivity contribution in [3.8, 4) is 28.7 Å². The molecule has 2 aromatic carbocycles. The third-order valence-corrected chi connectivity index (χ3v) is 6.15. The lowest BCUT2D eigenvalue weighted by Crippen LogP contribution is -2.12. The molecule has 3 heterocycles. The zero-order chi connectivity index (χ0) is 24.7. The van der Waals surface area contributed by atoms with Gasteiger partial charge >= 0.3 is 0 Å². The number of fused-ring (bicyclic) bond motifs is 1. The molecule has 0 aliphatic rings. The third kappa shape index (κ3) is 4.08. The molecule has 3 aromatic heterocycles. The topological polar surface area (TPSA) is 76.4 Å². The van der Waals surface area contributed by atoms with Crippen LogP contribution < -0.4 is 5.32 Å². The summed E-state index contributed by atoms with van der Waals surface area (Å²) in [6, 6.07) is 14.7. The average molecular weight is 464 g/mol. The Labute approximate surface area is 205 Å². The summed E-state index contributed by atoms with van der Waals surface area (Å²) in [5, 5.41) is 18.5. The molecular formula is C28H29N7. The van der Waals surface area contributed by atoms with Gasteiger partial charge in [0.05, 0.1) is 52.4 Å². The van der Waals surface area contributed by atoms with E-state index in [1.54, 1.807) is 4.68 Å². The van der Waals surface area contributed by atoms with Gasteiger partial charge in [0.2, 0.25) is 0 Å². The fourth-order valence-electron chi connectivity index (χ4n) is 4.55. The number of hydrogen-bond acceptors (Lipinski definition) is 4. The van der Waals surface area contributed by atoms with Crippen molar-refractivity contribution >= 4 is 16.6 Å². The molecule has 0 spiro atoms. The second-order valence-electron chi connectivity index (χ2n) is 9.49. The average Bonchev–Trinajstić information content (AvgIpc) is 3.56. The summed E-state index contributed by atoms with van der Waals surface area (Å²) in [5.74, 6) is 0.320. The number of benzene rings is 2. The molecule has 1 N–H and O–H groups in total. The van der Waals surface area contributed by atoms with E-state index in [9.17, 15) is 5.26 Å². The molecule has 0 amide bonds. The van der Waals surface area contributed by atoms with E-state index >= 15 is 0 Å². The minimum Gasteiger partial charge on any atom is -0.381 e. The second kappa shape index (κ2) is 8.80. The summed E-state index contributed by atoms with van der Waals surface area (Å²) in [6.07, 6.45) is 9.95. The van der Waals surface area contributed by atoms with Gasteiger partial charge in [-0.1, -0.05) is 19.9 Å². The molecule has 0 atom stereocenters. The van der Waals surface area contributed by atoms with E-state index in [0.717, 1.165) is 33.8 Å². The van der Waals surface area contributed by atoms with Crippen molar-refractivity contribution in [1.29, 1.82) is 5.26 Å². The minimum absolute atomic E-state index is 0.237. The fraction of sp³-hybridized carbons (Fsp3) is 0.250. The molecule has 0 saturated heterocycles. The van der Waals surface area contributed by atoms with Crippen molar-refractivity contribution in [3.63, 3.8) is 0 Å². The summed E-state index contributed by atoms with van der Waals surface area (Å²) in [4.78, 5) is 4.65. The number of imidazole rings is 1. The maximum absolute atomic E-state index is 9.46. The van der Waals surface area contributed by atoms with Gasteiger partial charge in [0, 0.05) is 42.6 Å². The number of nitriles is 1. The SMILES string of the molecule is CC(C)Nc1cc(C#N)ccc1-n1cc(C(C)C)c2c(-n3cnc(-c4cnn(C)c4)c3)cccc21. The lowest BCUT2D eigenvalue weighted by atomic mass is 10.0. The van der Waals surface area contributed by atoms with Crippen molar-refractivity contribution in [2.24, 2.45) is 7.05 Å². The standard InChI is InChI=1S/C28H29N7/c1-18(2)22-15-35(25-10-9-20(12-29)11-23(25)32-19(3)4)27-8-6-7-26(28(22)27)34-16-24(30-17-34)21-13-31-33(5)14-21/h6-11,13-19,32H,1-5H3. The number of hydrogen-bond donors (Lipinski definition) is 1. The van der Waals surface area contributed by atoms with Gasteiger partial charge in [-0.25, -0.2) is 4.98 Å². The van der Waals surface area contributed by atoms with E-state index in [1.807, 2.05) is 44.0 Å². The van der Waals surface area contributed by atoms with E-state index in [1.165, 1.54) is 10.9 Å². The molecule has 0 bridgehead atoms. The minimum atomic E-state index is 0.237. The van der Waals surface area contributed by atoms with Gasteiger partial charge in [0.25, 0.3) is 0 Å². The van der Waals surface area contributed by atoms with Gasteiger partial charge in [-0.2, -0.15) is 10.4 Å². The highest BCUT2D eigenvalue weighted by molar-refractivity contribution is 5.94. The summed E-state index contributed by atoms with van der Waals surface area (Å²) in [5.41, 5.74) is 7.93. The van der Waals surface area contributed by atoms with Crippen LogP contribution in [0.3, 0.4) is 0 Å². The highest BCUT2D eigenvalue weighted by Crippen LogP contribution is 2.36. The van der Waals surface area contributed by atoms with Gasteiger partial charge in [0.1, 0.15) is 0 Å². The van der Waals surface area contributed by atoms with E-state index in [0.29, 0.717) is 11.5 Å². The number of aromatic nitrogens is 5. The second-order valence-corrected chi connectivity index (χ2v) is 9.49. The van der Waals surface area contributed by atoms with E-state index in [4.69, 9.17) is 0 Å². The largest absolute Gasteiger partial charge is 0.381 e. The van der Waals surface area contributed by atoms with Crippen LogP contribution in [0.1, 0.15) is 44.7 Å². The predicted molar refractivity (Wildman–Crippen MR) is 140 cm³/mol. The molecule has 0 unspecified atom stereocenters. The first-order chi connectivity index (χ1) is 16.9. The lowest BCUT2D eigenvalue weighted by Gasteiger charge is -2.17. The van der Waals surface area contributed by atoms with Crippen molar-refractivity contribution < 1.29 is 0 Å². The highest BCUT2D eigenvalue weighted by Gasteiger charge is 2.19. The van der Waals surface area contributed by atoms with Crippen LogP contribution >= 0.6 is 0 Å². The first kappa shape index (κ1) is 22.5. The van der Waals surface area contributed by atoms with Crippen LogP contribution in [0.15, 0.2) is 67.5 Å². The van der Waals surface area contributed by atoms with Crippen LogP contribution in [0.25, 0.3) is 33.5 Å². The maximum Gasteiger partial charge on any atom is 0.0999 e. The van der Waals surface area contributed by atoms with E-state index in [-0.39, 0.29) is 6.04 Å². The molecule has 0 aliphatic carbocycles. The van der Waals surface area contributed by atoms with Crippen LogP contribution in [-0.2, 0) is 7.05 Å². The van der Waals surface area contributed by atoms with Gasteiger partial charge in [-0.3, -0.25) is 4.68 Å². The van der Waals surface area contributed by atoms with E-state index < -0.39 is 0 Å². The van der Waals surface area contributed by atoms with Crippen molar-refractivity contribution in [3.05, 3.63) is 78.6 Å². The molecule has 5 rings (SSSR count). The van der Waals surface area contributed by atoms with Crippen LogP contribution in [0.5, 0.6) is 0 Å². The number of aryl methyl sites for hydroxylation is 1. The van der Waals surface area contributed by atoms with Crippen LogP contribution in [-0.4, -0.2) is 29.9 Å². The normalized spacial score (nSPS) is 11.5. The Morgan fingerprint density at radius 1 is 1.00 bits per heavy atom. The Morgan fingerprint density at radius 2 is 1.83 bits per heavy atom. The number of nitrogens with zero attached hydrogens (tertiary/aromatic N) is 6. The smallest absolute Gasteiger partial charge is 0.0999 e. The van der Waals surface area contributed by atoms with Crippen molar-refractivity contribution in [2.75, 3.05) is 5.32 Å². The molecule has 7 heteroatoms. The quantitative estimate of drug-likeness (QED) is 0.333. The van der Waals surface area contributed by atoms with E-state index in [2.05, 4.69) is 88.9 Å². The lowest BCUT2D eigenvalue weighted by molar-refractivity contribution is 0.768. The molecule has 0 fully saturated rings. The molecule has 7 nitrogen and oxygen atoms in total.